The Morgan fingerprint density at radius 1 is 1.00 bits per heavy atom. The monoisotopic (exact) mass is 249 g/mol. The molecule has 2 nitrogen and oxygen atoms in total. The standard InChI is InChI=1S/C9H25O2Si3/c1-8-12-9(10-13(2,3)4)11-14(5,6)7/h9H,1,8,12H2,2-7H3. The normalized spacial score (nSPS) is 14.6. The highest BCUT2D eigenvalue weighted by atomic mass is 28.4. The third-order valence-electron chi connectivity index (χ3n) is 1.41. The quantitative estimate of drug-likeness (QED) is 0.532. The van der Waals surface area contributed by atoms with Gasteiger partial charge in [-0.25, -0.2) is 0 Å². The van der Waals surface area contributed by atoms with Gasteiger partial charge in [-0.05, 0) is 39.3 Å². The van der Waals surface area contributed by atoms with Crippen LogP contribution in [-0.2, 0) is 8.85 Å². The average Bonchev–Trinajstić information content (AvgIpc) is 1.78. The zero-order valence-electron chi connectivity index (χ0n) is 10.5. The van der Waals surface area contributed by atoms with Crippen LogP contribution in [0.4, 0.5) is 0 Å². The minimum absolute atomic E-state index is 0.117. The van der Waals surface area contributed by atoms with Crippen LogP contribution in [0.15, 0.2) is 0 Å². The molecule has 0 amide bonds. The molecule has 0 heterocycles. The second-order valence-electron chi connectivity index (χ2n) is 5.53. The van der Waals surface area contributed by atoms with E-state index in [2.05, 4.69) is 46.2 Å². The fourth-order valence-corrected chi connectivity index (χ4v) is 7.14. The molecular weight excluding hydrogens is 224 g/mol. The molecule has 0 aromatic carbocycles. The van der Waals surface area contributed by atoms with Gasteiger partial charge in [0.2, 0.25) is 0 Å². The third kappa shape index (κ3) is 9.14. The predicted octanol–water partition coefficient (Wildman–Crippen LogP) is 2.39. The van der Waals surface area contributed by atoms with E-state index in [0.29, 0.717) is 0 Å². The summed E-state index contributed by atoms with van der Waals surface area (Å²) in [5.74, 6) is 0.117. The molecule has 0 aromatic rings. The van der Waals surface area contributed by atoms with Crippen molar-refractivity contribution >= 4 is 26.2 Å². The highest BCUT2D eigenvalue weighted by Crippen LogP contribution is 2.13. The Balaban J connectivity index is 4.16. The Morgan fingerprint density at radius 3 is 1.57 bits per heavy atom. The Bertz CT molecular complexity index is 144. The summed E-state index contributed by atoms with van der Waals surface area (Å²) in [5.41, 5.74) is 0. The van der Waals surface area contributed by atoms with E-state index >= 15 is 0 Å². The van der Waals surface area contributed by atoms with Crippen LogP contribution in [0.3, 0.4) is 0 Å². The van der Waals surface area contributed by atoms with Gasteiger partial charge in [-0.15, -0.1) is 0 Å². The van der Waals surface area contributed by atoms with Crippen LogP contribution in [0.25, 0.3) is 0 Å². The lowest BCUT2D eigenvalue weighted by molar-refractivity contribution is 0.0608. The molecule has 0 saturated carbocycles. The van der Waals surface area contributed by atoms with Crippen molar-refractivity contribution in [1.29, 1.82) is 0 Å². The van der Waals surface area contributed by atoms with Crippen LogP contribution in [-0.4, -0.2) is 32.1 Å². The molecule has 0 saturated heterocycles. The summed E-state index contributed by atoms with van der Waals surface area (Å²) >= 11 is 0. The molecule has 0 aromatic heterocycles. The lowest BCUT2D eigenvalue weighted by Crippen LogP contribution is -2.42. The van der Waals surface area contributed by atoms with Crippen molar-refractivity contribution in [2.24, 2.45) is 0 Å². The summed E-state index contributed by atoms with van der Waals surface area (Å²) in [6, 6.07) is 1.01. The molecule has 0 rings (SSSR count). The van der Waals surface area contributed by atoms with Gasteiger partial charge in [0, 0.05) is 0 Å². The van der Waals surface area contributed by atoms with Crippen LogP contribution in [0.2, 0.25) is 45.3 Å². The molecule has 0 unspecified atom stereocenters. The molecule has 0 atom stereocenters. The smallest absolute Gasteiger partial charge is 0.186 e. The predicted molar refractivity (Wildman–Crippen MR) is 71.4 cm³/mol. The van der Waals surface area contributed by atoms with Crippen molar-refractivity contribution in [2.45, 2.75) is 51.2 Å². The fourth-order valence-electron chi connectivity index (χ4n) is 1.10. The lowest BCUT2D eigenvalue weighted by Gasteiger charge is -2.31. The van der Waals surface area contributed by atoms with E-state index in [1.54, 1.807) is 0 Å². The zero-order valence-corrected chi connectivity index (χ0v) is 13.9. The van der Waals surface area contributed by atoms with E-state index in [1.807, 2.05) is 0 Å². The minimum atomic E-state index is -1.45. The van der Waals surface area contributed by atoms with E-state index in [1.165, 1.54) is 0 Å². The zero-order chi connectivity index (χ0) is 11.4. The van der Waals surface area contributed by atoms with Crippen LogP contribution < -0.4 is 0 Å². The number of hydrogen-bond acceptors (Lipinski definition) is 2. The van der Waals surface area contributed by atoms with E-state index in [-0.39, 0.29) is 15.4 Å². The van der Waals surface area contributed by atoms with E-state index in [4.69, 9.17) is 8.85 Å². The Labute approximate surface area is 93.5 Å². The maximum Gasteiger partial charge on any atom is 0.186 e. The Morgan fingerprint density at radius 2 is 1.36 bits per heavy atom. The first-order valence-corrected chi connectivity index (χ1v) is 13.9. The van der Waals surface area contributed by atoms with Crippen molar-refractivity contribution in [3.8, 4) is 0 Å². The first-order chi connectivity index (χ1) is 6.14. The van der Waals surface area contributed by atoms with E-state index in [0.717, 1.165) is 6.04 Å². The summed E-state index contributed by atoms with van der Waals surface area (Å²) in [6.07, 6.45) is 0. The molecule has 85 valence electrons. The first-order valence-electron chi connectivity index (χ1n) is 5.29. The van der Waals surface area contributed by atoms with Gasteiger partial charge in [0.25, 0.3) is 0 Å². The molecule has 0 fully saturated rings. The minimum Gasteiger partial charge on any atom is -0.398 e. The van der Waals surface area contributed by atoms with Crippen LogP contribution >= 0.6 is 0 Å². The molecule has 14 heavy (non-hydrogen) atoms. The second kappa shape index (κ2) is 5.60. The number of rotatable bonds is 6. The van der Waals surface area contributed by atoms with Gasteiger partial charge >= 0.3 is 0 Å². The van der Waals surface area contributed by atoms with Gasteiger partial charge in [0.05, 0.1) is 9.52 Å². The molecule has 0 N–H and O–H groups in total. The maximum atomic E-state index is 6.03. The summed E-state index contributed by atoms with van der Waals surface area (Å²) in [7, 11) is -3.22. The number of hydrogen-bond donors (Lipinski definition) is 0. The van der Waals surface area contributed by atoms with Crippen LogP contribution in [0, 0.1) is 6.92 Å². The Hall–Kier alpha value is 0.571. The molecule has 1 radical (unpaired) electrons. The highest BCUT2D eigenvalue weighted by molar-refractivity contribution is 6.71. The first kappa shape index (κ1) is 14.6. The molecule has 0 bridgehead atoms. The van der Waals surface area contributed by atoms with Crippen molar-refractivity contribution in [3.63, 3.8) is 0 Å². The van der Waals surface area contributed by atoms with Crippen molar-refractivity contribution in [1.82, 2.24) is 0 Å². The Kier molecular flexibility index (Phi) is 5.83. The fraction of sp³-hybridized carbons (Fsp3) is 0.889. The van der Waals surface area contributed by atoms with Gasteiger partial charge in [-0.3, -0.25) is 0 Å². The van der Waals surface area contributed by atoms with Crippen LogP contribution in [0.1, 0.15) is 0 Å². The molecule has 0 aliphatic carbocycles. The topological polar surface area (TPSA) is 18.5 Å². The van der Waals surface area contributed by atoms with Gasteiger partial charge in [-0.2, -0.15) is 0 Å². The van der Waals surface area contributed by atoms with Gasteiger partial charge in [0.1, 0.15) is 5.91 Å². The molecule has 0 spiro atoms. The molecule has 0 aliphatic heterocycles. The van der Waals surface area contributed by atoms with E-state index < -0.39 is 16.6 Å². The second-order valence-corrected chi connectivity index (χ2v) is 16.4. The summed E-state index contributed by atoms with van der Waals surface area (Å²) in [6.45, 7) is 17.2. The third-order valence-corrected chi connectivity index (χ3v) is 5.23. The molecular formula is C9H25O2Si3. The average molecular weight is 250 g/mol. The van der Waals surface area contributed by atoms with Crippen molar-refractivity contribution in [2.75, 3.05) is 0 Å². The van der Waals surface area contributed by atoms with Crippen molar-refractivity contribution < 1.29 is 8.85 Å². The summed E-state index contributed by atoms with van der Waals surface area (Å²) in [4.78, 5) is 0. The van der Waals surface area contributed by atoms with Gasteiger partial charge in [0.15, 0.2) is 16.6 Å². The van der Waals surface area contributed by atoms with Gasteiger partial charge in [-0.1, -0.05) is 13.0 Å². The summed E-state index contributed by atoms with van der Waals surface area (Å²) in [5, 5.41) is 0. The largest absolute Gasteiger partial charge is 0.398 e. The maximum absolute atomic E-state index is 6.03. The van der Waals surface area contributed by atoms with Gasteiger partial charge < -0.3 is 8.85 Å². The highest BCUT2D eigenvalue weighted by Gasteiger charge is 2.26. The van der Waals surface area contributed by atoms with E-state index in [9.17, 15) is 0 Å². The molecule has 5 heteroatoms. The van der Waals surface area contributed by atoms with Crippen LogP contribution in [0.5, 0.6) is 0 Å². The lowest BCUT2D eigenvalue weighted by atomic mass is 11.0. The summed E-state index contributed by atoms with van der Waals surface area (Å²) < 4.78 is 12.1. The van der Waals surface area contributed by atoms with Crippen molar-refractivity contribution in [3.05, 3.63) is 6.92 Å². The SMILES string of the molecule is [CH2]C[SiH2]C(O[Si](C)(C)C)O[Si](C)(C)C. The molecule has 0 aliphatic rings.